The molecule has 0 aliphatic rings. The molecule has 0 heterocycles. The Morgan fingerprint density at radius 1 is 0.333 bits per heavy atom. The molecule has 0 aromatic rings. The lowest BCUT2D eigenvalue weighted by Crippen LogP contribution is -2.12. The van der Waals surface area contributed by atoms with Gasteiger partial charge in [-0.15, -0.1) is 0 Å². The van der Waals surface area contributed by atoms with Gasteiger partial charge in [-0.25, -0.2) is 0 Å². The second-order valence-electron chi connectivity index (χ2n) is 11.3. The molecule has 0 fully saturated rings. The molecule has 0 unspecified atom stereocenters. The molecule has 232 valence electrons. The van der Waals surface area contributed by atoms with Crippen molar-refractivity contribution in [2.45, 2.75) is 180 Å². The van der Waals surface area contributed by atoms with Gasteiger partial charge in [-0.2, -0.15) is 0 Å². The molecule has 0 radical (unpaired) electrons. The first kappa shape index (κ1) is 37.9. The van der Waals surface area contributed by atoms with E-state index < -0.39 is 0 Å². The molecule has 0 aromatic heterocycles. The number of unbranched alkanes of at least 4 members (excludes halogenated alkanes) is 24. The maximum atomic E-state index is 11.8. The summed E-state index contributed by atoms with van der Waals surface area (Å²) in [6.07, 6.45) is 31.8. The second kappa shape index (κ2) is 33.1. The van der Waals surface area contributed by atoms with E-state index in [1.165, 1.54) is 103 Å². The highest BCUT2D eigenvalue weighted by Crippen LogP contribution is 2.14. The third-order valence-electron chi connectivity index (χ3n) is 7.52. The lowest BCUT2D eigenvalue weighted by molar-refractivity contribution is -0.167. The van der Waals surface area contributed by atoms with Gasteiger partial charge in [0.25, 0.3) is 0 Å². The summed E-state index contributed by atoms with van der Waals surface area (Å²) in [6, 6.07) is 0. The average molecular weight is 557 g/mol. The van der Waals surface area contributed by atoms with Gasteiger partial charge in [0.05, 0.1) is 0 Å². The first-order valence-corrected chi connectivity index (χ1v) is 16.7. The number of carbonyl (C=O) groups excluding carboxylic acids is 2. The molecule has 0 aromatic carbocycles. The monoisotopic (exact) mass is 556 g/mol. The van der Waals surface area contributed by atoms with E-state index in [0.29, 0.717) is 26.1 Å². The Morgan fingerprint density at radius 3 is 0.769 bits per heavy atom. The molecule has 0 amide bonds. The number of esters is 2. The third kappa shape index (κ3) is 33.0. The highest BCUT2D eigenvalue weighted by atomic mass is 16.7. The molecule has 0 atom stereocenters. The molecule has 0 saturated carbocycles. The molecular weight excluding hydrogens is 492 g/mol. The summed E-state index contributed by atoms with van der Waals surface area (Å²) >= 11 is 0. The fraction of sp³-hybridized carbons (Fsp3) is 0.939. The van der Waals surface area contributed by atoms with Gasteiger partial charge >= 0.3 is 11.9 Å². The number of carbonyl (C=O) groups is 2. The van der Waals surface area contributed by atoms with Gasteiger partial charge in [0, 0.05) is 26.1 Å². The van der Waals surface area contributed by atoms with Crippen LogP contribution in [-0.2, 0) is 19.1 Å². The maximum absolute atomic E-state index is 11.8. The predicted octanol–water partition coefficient (Wildman–Crippen LogP) is 8.94. The quantitative estimate of drug-likeness (QED) is 0.0488. The summed E-state index contributed by atoms with van der Waals surface area (Å²) in [4.78, 5) is 23.6. The summed E-state index contributed by atoms with van der Waals surface area (Å²) in [5.41, 5.74) is 0. The smallest absolute Gasteiger partial charge is 0.308 e. The van der Waals surface area contributed by atoms with Crippen LogP contribution in [0.3, 0.4) is 0 Å². The number of aliphatic hydroxyl groups excluding tert-OH is 2. The van der Waals surface area contributed by atoms with Crippen molar-refractivity contribution in [1.82, 2.24) is 0 Å². The number of hydrogen-bond donors (Lipinski definition) is 2. The minimum absolute atomic E-state index is 0.249. The number of rotatable bonds is 32. The van der Waals surface area contributed by atoms with Crippen LogP contribution in [0.4, 0.5) is 0 Å². The van der Waals surface area contributed by atoms with Crippen LogP contribution in [0.5, 0.6) is 0 Å². The van der Waals surface area contributed by atoms with Crippen molar-refractivity contribution in [2.24, 2.45) is 0 Å². The Hall–Kier alpha value is -1.14. The molecule has 39 heavy (non-hydrogen) atoms. The lowest BCUT2D eigenvalue weighted by Gasteiger charge is -2.07. The van der Waals surface area contributed by atoms with Crippen molar-refractivity contribution >= 4 is 11.9 Å². The summed E-state index contributed by atoms with van der Waals surface area (Å²) in [5.74, 6) is -0.549. The van der Waals surface area contributed by atoms with E-state index in [4.69, 9.17) is 19.7 Å². The Balaban J connectivity index is 3.27. The third-order valence-corrected chi connectivity index (χ3v) is 7.52. The van der Waals surface area contributed by atoms with Gasteiger partial charge in [0.15, 0.2) is 0 Å². The summed E-state index contributed by atoms with van der Waals surface area (Å²) in [6.45, 7) is 0.404. The van der Waals surface area contributed by atoms with Crippen molar-refractivity contribution in [3.63, 3.8) is 0 Å². The first-order chi connectivity index (χ1) is 19.2. The summed E-state index contributed by atoms with van der Waals surface area (Å²) in [7, 11) is 0. The standard InChI is InChI=1S/C33H64O6/c34-29-25-21-17-13-9-5-1-3-7-11-15-19-23-27-32(36)38-31-39-33(37)28-24-20-16-12-8-4-2-6-10-14-18-22-26-30-35/h34-35H,1-31H2. The molecule has 2 N–H and O–H groups in total. The highest BCUT2D eigenvalue weighted by molar-refractivity contribution is 5.70. The Bertz CT molecular complexity index is 466. The zero-order valence-corrected chi connectivity index (χ0v) is 25.4. The zero-order chi connectivity index (χ0) is 28.5. The van der Waals surface area contributed by atoms with Crippen molar-refractivity contribution in [3.05, 3.63) is 0 Å². The average Bonchev–Trinajstić information content (AvgIpc) is 2.93. The van der Waals surface area contributed by atoms with E-state index in [2.05, 4.69) is 0 Å². The molecule has 6 heteroatoms. The molecule has 6 nitrogen and oxygen atoms in total. The molecule has 0 aliphatic heterocycles. The molecule has 0 rings (SSSR count). The van der Waals surface area contributed by atoms with Crippen LogP contribution in [0.15, 0.2) is 0 Å². The molecule has 0 bridgehead atoms. The van der Waals surface area contributed by atoms with Crippen LogP contribution in [0.1, 0.15) is 180 Å². The SMILES string of the molecule is O=C(CCCCCCCCCCCCCCCO)OCOC(=O)CCCCCCCCCCCCCCCO. The Kier molecular flexibility index (Phi) is 32.1. The number of hydrogen-bond acceptors (Lipinski definition) is 6. The maximum Gasteiger partial charge on any atom is 0.308 e. The zero-order valence-electron chi connectivity index (χ0n) is 25.4. The van der Waals surface area contributed by atoms with Crippen molar-refractivity contribution in [3.8, 4) is 0 Å². The fourth-order valence-corrected chi connectivity index (χ4v) is 4.96. The first-order valence-electron chi connectivity index (χ1n) is 16.7. The Labute approximate surface area is 241 Å². The van der Waals surface area contributed by atoms with Crippen LogP contribution in [0, 0.1) is 0 Å². The summed E-state index contributed by atoms with van der Waals surface area (Å²) in [5, 5.41) is 17.5. The number of ether oxygens (including phenoxy) is 2. The Morgan fingerprint density at radius 2 is 0.538 bits per heavy atom. The number of aliphatic hydroxyl groups is 2. The van der Waals surface area contributed by atoms with E-state index >= 15 is 0 Å². The van der Waals surface area contributed by atoms with E-state index in [1.54, 1.807) is 0 Å². The normalized spacial score (nSPS) is 11.1. The van der Waals surface area contributed by atoms with Crippen molar-refractivity contribution in [1.29, 1.82) is 0 Å². The second-order valence-corrected chi connectivity index (χ2v) is 11.3. The minimum Gasteiger partial charge on any atom is -0.428 e. The van der Waals surface area contributed by atoms with Gasteiger partial charge in [-0.3, -0.25) is 9.59 Å². The van der Waals surface area contributed by atoms with E-state index in [0.717, 1.165) is 64.2 Å². The minimum atomic E-state index is -0.275. The summed E-state index contributed by atoms with van der Waals surface area (Å²) < 4.78 is 10.1. The van der Waals surface area contributed by atoms with Gasteiger partial charge in [0.2, 0.25) is 6.79 Å². The van der Waals surface area contributed by atoms with Crippen LogP contribution in [0.25, 0.3) is 0 Å². The van der Waals surface area contributed by atoms with Crippen LogP contribution >= 0.6 is 0 Å². The van der Waals surface area contributed by atoms with E-state index in [1.807, 2.05) is 0 Å². The predicted molar refractivity (Wildman–Crippen MR) is 160 cm³/mol. The molecule has 0 spiro atoms. The molecular formula is C33H64O6. The van der Waals surface area contributed by atoms with Gasteiger partial charge < -0.3 is 19.7 Å². The lowest BCUT2D eigenvalue weighted by atomic mass is 10.0. The van der Waals surface area contributed by atoms with Crippen LogP contribution < -0.4 is 0 Å². The van der Waals surface area contributed by atoms with Crippen molar-refractivity contribution in [2.75, 3.05) is 20.0 Å². The van der Waals surface area contributed by atoms with E-state index in [-0.39, 0.29) is 18.7 Å². The van der Waals surface area contributed by atoms with Crippen molar-refractivity contribution < 1.29 is 29.3 Å². The fourth-order valence-electron chi connectivity index (χ4n) is 4.96. The largest absolute Gasteiger partial charge is 0.428 e. The molecule has 0 saturated heterocycles. The van der Waals surface area contributed by atoms with Gasteiger partial charge in [0.1, 0.15) is 0 Å². The molecule has 0 aliphatic carbocycles. The van der Waals surface area contributed by atoms with Crippen LogP contribution in [0.2, 0.25) is 0 Å². The van der Waals surface area contributed by atoms with Gasteiger partial charge in [-0.05, 0) is 25.7 Å². The van der Waals surface area contributed by atoms with Gasteiger partial charge in [-0.1, -0.05) is 141 Å². The van der Waals surface area contributed by atoms with Crippen LogP contribution in [-0.4, -0.2) is 42.2 Å². The topological polar surface area (TPSA) is 93.1 Å². The van der Waals surface area contributed by atoms with E-state index in [9.17, 15) is 9.59 Å². The highest BCUT2D eigenvalue weighted by Gasteiger charge is 2.06.